The molecule has 6 nitrogen and oxygen atoms in total. The van der Waals surface area contributed by atoms with Crippen LogP contribution in [-0.4, -0.2) is 44.7 Å². The van der Waals surface area contributed by atoms with Crippen molar-refractivity contribution in [3.63, 3.8) is 0 Å². The van der Waals surface area contributed by atoms with E-state index in [1.54, 1.807) is 29.3 Å². The van der Waals surface area contributed by atoms with Crippen LogP contribution >= 0.6 is 11.6 Å². The summed E-state index contributed by atoms with van der Waals surface area (Å²) in [6.45, 7) is 6.18. The van der Waals surface area contributed by atoms with Crippen molar-refractivity contribution in [2.45, 2.75) is 33.4 Å². The van der Waals surface area contributed by atoms with Crippen LogP contribution in [0.2, 0.25) is 5.02 Å². The van der Waals surface area contributed by atoms with Gasteiger partial charge in [0.1, 0.15) is 5.69 Å². The summed E-state index contributed by atoms with van der Waals surface area (Å²) >= 11 is 6.29. The number of nitrogens with zero attached hydrogens (tertiary/aromatic N) is 4. The lowest BCUT2D eigenvalue weighted by Crippen LogP contribution is -2.51. The van der Waals surface area contributed by atoms with E-state index in [1.807, 2.05) is 18.7 Å². The van der Waals surface area contributed by atoms with Gasteiger partial charge < -0.3 is 9.80 Å². The number of pyridine rings is 2. The van der Waals surface area contributed by atoms with Crippen LogP contribution in [0.4, 0.5) is 0 Å². The Hall–Kier alpha value is -2.47. The van der Waals surface area contributed by atoms with Crippen LogP contribution in [0.25, 0.3) is 0 Å². The van der Waals surface area contributed by atoms with Crippen LogP contribution in [0.3, 0.4) is 0 Å². The van der Waals surface area contributed by atoms with Gasteiger partial charge in [-0.15, -0.1) is 0 Å². The quantitative estimate of drug-likeness (QED) is 0.816. The van der Waals surface area contributed by atoms with Crippen molar-refractivity contribution in [1.29, 1.82) is 0 Å². The summed E-state index contributed by atoms with van der Waals surface area (Å²) < 4.78 is 0. The molecule has 2 aliphatic rings. The molecule has 1 fully saturated rings. The highest BCUT2D eigenvalue weighted by Gasteiger charge is 2.35. The molecule has 0 spiro atoms. The zero-order valence-electron chi connectivity index (χ0n) is 15.4. The summed E-state index contributed by atoms with van der Waals surface area (Å²) in [6.07, 6.45) is 2.06. The molecule has 0 N–H and O–H groups in total. The average Bonchev–Trinajstić information content (AvgIpc) is 3.06. The van der Waals surface area contributed by atoms with Crippen LogP contribution in [0.15, 0.2) is 24.4 Å². The van der Waals surface area contributed by atoms with Crippen LogP contribution in [0, 0.1) is 19.8 Å². The summed E-state index contributed by atoms with van der Waals surface area (Å²) in [6, 6.07) is 5.30. The Bertz CT molecular complexity index is 910. The number of likely N-dealkylation sites (tertiary alicyclic amines) is 1. The Morgan fingerprint density at radius 1 is 1.19 bits per heavy atom. The largest absolute Gasteiger partial charge is 0.337 e. The maximum absolute atomic E-state index is 12.7. The third-order valence-electron chi connectivity index (χ3n) is 5.38. The molecule has 0 radical (unpaired) electrons. The highest BCUT2D eigenvalue weighted by molar-refractivity contribution is 6.32. The van der Waals surface area contributed by atoms with E-state index in [9.17, 15) is 9.59 Å². The molecular weight excluding hydrogens is 364 g/mol. The number of hydrogen-bond donors (Lipinski definition) is 0. The van der Waals surface area contributed by atoms with Gasteiger partial charge in [-0.1, -0.05) is 17.7 Å². The van der Waals surface area contributed by atoms with Crippen molar-refractivity contribution >= 4 is 23.4 Å². The summed E-state index contributed by atoms with van der Waals surface area (Å²) in [7, 11) is 0. The zero-order chi connectivity index (χ0) is 19.1. The fourth-order valence-corrected chi connectivity index (χ4v) is 3.93. The molecule has 0 unspecified atom stereocenters. The third kappa shape index (κ3) is 3.30. The second-order valence-electron chi connectivity index (χ2n) is 7.31. The topological polar surface area (TPSA) is 66.4 Å². The van der Waals surface area contributed by atoms with Gasteiger partial charge in [0.25, 0.3) is 5.91 Å². The first-order chi connectivity index (χ1) is 12.9. The predicted molar refractivity (Wildman–Crippen MR) is 101 cm³/mol. The van der Waals surface area contributed by atoms with E-state index >= 15 is 0 Å². The van der Waals surface area contributed by atoms with Crippen molar-refractivity contribution in [1.82, 2.24) is 19.8 Å². The molecule has 4 heterocycles. The van der Waals surface area contributed by atoms with Crippen LogP contribution in [-0.2, 0) is 17.9 Å². The molecule has 1 saturated heterocycles. The number of aromatic nitrogens is 2. The third-order valence-corrected chi connectivity index (χ3v) is 5.94. The lowest BCUT2D eigenvalue weighted by Gasteiger charge is -2.39. The first-order valence-electron chi connectivity index (χ1n) is 9.06. The van der Waals surface area contributed by atoms with Gasteiger partial charge in [0.15, 0.2) is 0 Å². The number of rotatable bonds is 3. The van der Waals surface area contributed by atoms with Gasteiger partial charge >= 0.3 is 0 Å². The molecule has 0 atom stereocenters. The van der Waals surface area contributed by atoms with E-state index < -0.39 is 0 Å². The Morgan fingerprint density at radius 2 is 1.96 bits per heavy atom. The minimum absolute atomic E-state index is 0.0715. The van der Waals surface area contributed by atoms with Gasteiger partial charge in [0.2, 0.25) is 5.91 Å². The number of hydrogen-bond acceptors (Lipinski definition) is 4. The van der Waals surface area contributed by atoms with Gasteiger partial charge in [-0.2, -0.15) is 0 Å². The normalized spacial score (nSPS) is 16.3. The molecule has 2 aliphatic heterocycles. The fourth-order valence-electron chi connectivity index (χ4n) is 3.78. The fraction of sp³-hybridized carbons (Fsp3) is 0.400. The molecule has 27 heavy (non-hydrogen) atoms. The first-order valence-corrected chi connectivity index (χ1v) is 9.44. The van der Waals surface area contributed by atoms with E-state index in [0.29, 0.717) is 43.3 Å². The molecule has 2 amide bonds. The molecule has 0 bridgehead atoms. The van der Waals surface area contributed by atoms with Gasteiger partial charge in [0.05, 0.1) is 23.0 Å². The van der Waals surface area contributed by atoms with Crippen molar-refractivity contribution in [3.05, 3.63) is 57.6 Å². The number of aryl methyl sites for hydroxylation is 1. The predicted octanol–water partition coefficient (Wildman–Crippen LogP) is 2.75. The second-order valence-corrected chi connectivity index (χ2v) is 7.68. The van der Waals surface area contributed by atoms with Gasteiger partial charge in [0, 0.05) is 38.2 Å². The minimum Gasteiger partial charge on any atom is -0.337 e. The molecule has 2 aromatic heterocycles. The number of fused-ring (bicyclic) bond motifs is 1. The lowest BCUT2D eigenvalue weighted by atomic mass is 9.95. The molecular formula is C20H21ClN4O2. The summed E-state index contributed by atoms with van der Waals surface area (Å²) in [5.41, 5.74) is 4.30. The number of amides is 2. The highest BCUT2D eigenvalue weighted by atomic mass is 35.5. The summed E-state index contributed by atoms with van der Waals surface area (Å²) in [5, 5.41) is 0.686. The molecule has 0 aromatic carbocycles. The number of halogens is 1. The minimum atomic E-state index is -0.0715. The number of carbonyl (C=O) groups is 2. The maximum atomic E-state index is 12.7. The van der Waals surface area contributed by atoms with E-state index in [2.05, 4.69) is 9.97 Å². The molecule has 0 aliphatic carbocycles. The Morgan fingerprint density at radius 3 is 2.67 bits per heavy atom. The lowest BCUT2D eigenvalue weighted by molar-refractivity contribution is -0.134. The van der Waals surface area contributed by atoms with Gasteiger partial charge in [-0.25, -0.2) is 0 Å². The molecule has 7 heteroatoms. The zero-order valence-corrected chi connectivity index (χ0v) is 16.2. The molecule has 2 aromatic rings. The van der Waals surface area contributed by atoms with Crippen LogP contribution in [0.1, 0.15) is 39.4 Å². The first kappa shape index (κ1) is 17.9. The van der Waals surface area contributed by atoms with Gasteiger partial charge in [-0.3, -0.25) is 19.6 Å². The SMILES string of the molecule is Cc1nc2c(c(C)c1Cl)CN(C(=O)CC1CN(C(=O)c3ccccn3)C1)C2. The van der Waals surface area contributed by atoms with Crippen LogP contribution in [0.5, 0.6) is 0 Å². The van der Waals surface area contributed by atoms with Crippen molar-refractivity contribution in [2.75, 3.05) is 13.1 Å². The molecule has 0 saturated carbocycles. The van der Waals surface area contributed by atoms with Crippen molar-refractivity contribution < 1.29 is 9.59 Å². The van der Waals surface area contributed by atoms with Gasteiger partial charge in [-0.05, 0) is 37.1 Å². The molecule has 4 rings (SSSR count). The Balaban J connectivity index is 1.33. The van der Waals surface area contributed by atoms with E-state index in [0.717, 1.165) is 22.5 Å². The average molecular weight is 385 g/mol. The summed E-state index contributed by atoms with van der Waals surface area (Å²) in [5.74, 6) is 0.238. The number of carbonyl (C=O) groups excluding carboxylic acids is 2. The Labute approximate surface area is 163 Å². The molecule has 140 valence electrons. The Kier molecular flexibility index (Phi) is 4.60. The van der Waals surface area contributed by atoms with E-state index in [-0.39, 0.29) is 17.7 Å². The second kappa shape index (κ2) is 6.93. The standard InChI is InChI=1S/C20H21ClN4O2/c1-12-15-10-24(11-17(15)23-13(2)19(12)21)18(26)7-14-8-25(9-14)20(27)16-5-3-4-6-22-16/h3-6,14H,7-11H2,1-2H3. The maximum Gasteiger partial charge on any atom is 0.272 e. The van der Waals surface area contributed by atoms with Crippen molar-refractivity contribution in [3.8, 4) is 0 Å². The van der Waals surface area contributed by atoms with Crippen molar-refractivity contribution in [2.24, 2.45) is 5.92 Å². The van der Waals surface area contributed by atoms with E-state index in [1.165, 1.54) is 0 Å². The van der Waals surface area contributed by atoms with E-state index in [4.69, 9.17) is 11.6 Å². The summed E-state index contributed by atoms with van der Waals surface area (Å²) in [4.78, 5) is 37.2. The monoisotopic (exact) mass is 384 g/mol. The van der Waals surface area contributed by atoms with Crippen LogP contribution < -0.4 is 0 Å². The smallest absolute Gasteiger partial charge is 0.272 e. The highest BCUT2D eigenvalue weighted by Crippen LogP contribution is 2.32.